The first-order chi connectivity index (χ1) is 7.63. The number of hydrogen-bond acceptors (Lipinski definition) is 4. The Morgan fingerprint density at radius 2 is 2.31 bits per heavy atom. The van der Waals surface area contributed by atoms with Gasteiger partial charge in [-0.2, -0.15) is 5.11 Å². The molecule has 1 aromatic carbocycles. The standard InChI is InChI=1S/C9H11ClN4O2/c10-7-2-1-6(4-11)8(3-7)13-14-12-5-9(15)16/h1-3H,4-5,11H2,(H,12,13)(H,15,16). The summed E-state index contributed by atoms with van der Waals surface area (Å²) < 4.78 is 0. The average molecular weight is 243 g/mol. The topological polar surface area (TPSA) is 100 Å². The Morgan fingerprint density at radius 3 is 2.94 bits per heavy atom. The number of carbonyl (C=O) groups is 1. The van der Waals surface area contributed by atoms with Gasteiger partial charge >= 0.3 is 5.97 Å². The fourth-order valence-electron chi connectivity index (χ4n) is 1.02. The normalized spacial score (nSPS) is 10.6. The largest absolute Gasteiger partial charge is 0.480 e. The molecular weight excluding hydrogens is 232 g/mol. The summed E-state index contributed by atoms with van der Waals surface area (Å²) in [5.41, 5.74) is 9.53. The van der Waals surface area contributed by atoms with Gasteiger partial charge in [-0.3, -0.25) is 10.2 Å². The molecule has 0 saturated heterocycles. The van der Waals surface area contributed by atoms with Crippen molar-refractivity contribution in [3.05, 3.63) is 28.8 Å². The fourth-order valence-corrected chi connectivity index (χ4v) is 1.19. The Labute approximate surface area is 97.1 Å². The second-order valence-electron chi connectivity index (χ2n) is 2.91. The smallest absolute Gasteiger partial charge is 0.327 e. The average Bonchev–Trinajstić information content (AvgIpc) is 2.24. The molecule has 6 nitrogen and oxygen atoms in total. The van der Waals surface area contributed by atoms with Crippen molar-refractivity contribution in [3.8, 4) is 0 Å². The van der Waals surface area contributed by atoms with Gasteiger partial charge in [0.05, 0.1) is 5.69 Å². The number of halogens is 1. The predicted octanol–water partition coefficient (Wildman–Crippen LogP) is 1.66. The maximum atomic E-state index is 10.2. The van der Waals surface area contributed by atoms with E-state index in [0.717, 1.165) is 5.56 Å². The highest BCUT2D eigenvalue weighted by molar-refractivity contribution is 6.30. The van der Waals surface area contributed by atoms with E-state index in [9.17, 15) is 4.79 Å². The van der Waals surface area contributed by atoms with Gasteiger partial charge in [0.2, 0.25) is 0 Å². The molecule has 0 bridgehead atoms. The maximum Gasteiger partial charge on any atom is 0.327 e. The predicted molar refractivity (Wildman–Crippen MR) is 60.3 cm³/mol. The lowest BCUT2D eigenvalue weighted by Gasteiger charge is -2.05. The zero-order valence-electron chi connectivity index (χ0n) is 8.35. The van der Waals surface area contributed by atoms with Gasteiger partial charge in [-0.25, -0.2) is 0 Å². The van der Waals surface area contributed by atoms with Crippen LogP contribution in [0.4, 0.5) is 5.69 Å². The van der Waals surface area contributed by atoms with Crippen molar-refractivity contribution >= 4 is 23.3 Å². The van der Waals surface area contributed by atoms with E-state index in [1.165, 1.54) is 0 Å². The summed E-state index contributed by atoms with van der Waals surface area (Å²) in [7, 11) is 0. The van der Waals surface area contributed by atoms with Gasteiger partial charge in [0.25, 0.3) is 0 Å². The van der Waals surface area contributed by atoms with E-state index < -0.39 is 5.97 Å². The van der Waals surface area contributed by atoms with Crippen molar-refractivity contribution in [1.82, 2.24) is 0 Å². The monoisotopic (exact) mass is 242 g/mol. The van der Waals surface area contributed by atoms with Crippen molar-refractivity contribution in [2.75, 3.05) is 12.0 Å². The molecule has 0 aliphatic carbocycles. The number of benzene rings is 1. The van der Waals surface area contributed by atoms with Gasteiger partial charge in [0.15, 0.2) is 6.54 Å². The van der Waals surface area contributed by atoms with Crippen LogP contribution < -0.4 is 11.2 Å². The molecule has 0 heterocycles. The molecule has 86 valence electrons. The SMILES string of the molecule is NCc1ccc(Cl)cc1NN=NCC(=O)O. The first-order valence-corrected chi connectivity index (χ1v) is 4.84. The second kappa shape index (κ2) is 6.04. The zero-order valence-corrected chi connectivity index (χ0v) is 9.11. The molecule has 0 aliphatic rings. The van der Waals surface area contributed by atoms with Crippen molar-refractivity contribution in [2.45, 2.75) is 6.54 Å². The molecule has 0 atom stereocenters. The van der Waals surface area contributed by atoms with E-state index in [1.54, 1.807) is 18.2 Å². The van der Waals surface area contributed by atoms with Crippen molar-refractivity contribution < 1.29 is 9.90 Å². The molecule has 0 aliphatic heterocycles. The Morgan fingerprint density at radius 1 is 1.56 bits per heavy atom. The van der Waals surface area contributed by atoms with E-state index in [2.05, 4.69) is 15.8 Å². The second-order valence-corrected chi connectivity index (χ2v) is 3.35. The minimum Gasteiger partial charge on any atom is -0.480 e. The summed E-state index contributed by atoms with van der Waals surface area (Å²) in [5, 5.41) is 15.8. The summed E-state index contributed by atoms with van der Waals surface area (Å²) in [5.74, 6) is -1.05. The van der Waals surface area contributed by atoms with Gasteiger partial charge in [0, 0.05) is 11.6 Å². The molecule has 4 N–H and O–H groups in total. The molecule has 7 heteroatoms. The van der Waals surface area contributed by atoms with E-state index in [-0.39, 0.29) is 6.54 Å². The Hall–Kier alpha value is -1.66. The van der Waals surface area contributed by atoms with Crippen LogP contribution in [0.3, 0.4) is 0 Å². The number of carboxylic acid groups (broad SMARTS) is 1. The summed E-state index contributed by atoms with van der Waals surface area (Å²) in [6.07, 6.45) is 0. The molecule has 0 saturated carbocycles. The lowest BCUT2D eigenvalue weighted by Crippen LogP contribution is -2.02. The molecule has 1 rings (SSSR count). The highest BCUT2D eigenvalue weighted by Gasteiger charge is 2.00. The Balaban J connectivity index is 2.68. The summed E-state index contributed by atoms with van der Waals surface area (Å²) in [4.78, 5) is 10.2. The van der Waals surface area contributed by atoms with Crippen molar-refractivity contribution in [2.24, 2.45) is 16.1 Å². The number of hydrogen-bond donors (Lipinski definition) is 3. The highest BCUT2D eigenvalue weighted by Crippen LogP contribution is 2.20. The molecule has 0 radical (unpaired) electrons. The zero-order chi connectivity index (χ0) is 12.0. The molecule has 0 fully saturated rings. The van der Waals surface area contributed by atoms with Crippen LogP contribution >= 0.6 is 11.6 Å². The maximum absolute atomic E-state index is 10.2. The van der Waals surface area contributed by atoms with E-state index in [4.69, 9.17) is 22.4 Å². The number of aliphatic carboxylic acids is 1. The van der Waals surface area contributed by atoms with Gasteiger partial charge in [-0.05, 0) is 17.7 Å². The lowest BCUT2D eigenvalue weighted by atomic mass is 10.2. The van der Waals surface area contributed by atoms with Crippen molar-refractivity contribution in [3.63, 3.8) is 0 Å². The third kappa shape index (κ3) is 3.84. The van der Waals surface area contributed by atoms with Crippen LogP contribution in [0.2, 0.25) is 5.02 Å². The van der Waals surface area contributed by atoms with Crippen LogP contribution in [0.15, 0.2) is 28.5 Å². The Bertz CT molecular complexity index is 408. The molecule has 0 unspecified atom stereocenters. The molecule has 0 aromatic heterocycles. The van der Waals surface area contributed by atoms with E-state index in [0.29, 0.717) is 17.3 Å². The number of carboxylic acids is 1. The fraction of sp³-hybridized carbons (Fsp3) is 0.222. The minimum atomic E-state index is -1.05. The number of rotatable bonds is 5. The molecular formula is C9H11ClN4O2. The third-order valence-corrected chi connectivity index (χ3v) is 1.97. The van der Waals surface area contributed by atoms with Gasteiger partial charge in [0.1, 0.15) is 0 Å². The van der Waals surface area contributed by atoms with Crippen molar-refractivity contribution in [1.29, 1.82) is 0 Å². The van der Waals surface area contributed by atoms with Crippen LogP contribution in [-0.4, -0.2) is 17.6 Å². The quantitative estimate of drug-likeness (QED) is 0.540. The molecule has 16 heavy (non-hydrogen) atoms. The van der Waals surface area contributed by atoms with E-state index in [1.807, 2.05) is 0 Å². The summed E-state index contributed by atoms with van der Waals surface area (Å²) >= 11 is 5.79. The van der Waals surface area contributed by atoms with Gasteiger partial charge < -0.3 is 10.8 Å². The molecule has 0 amide bonds. The Kier molecular flexibility index (Phi) is 4.68. The first-order valence-electron chi connectivity index (χ1n) is 4.46. The minimum absolute atomic E-state index is 0.327. The number of anilines is 1. The molecule has 1 aromatic rings. The van der Waals surface area contributed by atoms with Crippen LogP contribution in [-0.2, 0) is 11.3 Å². The lowest BCUT2D eigenvalue weighted by molar-refractivity contribution is -0.135. The highest BCUT2D eigenvalue weighted by atomic mass is 35.5. The van der Waals surface area contributed by atoms with Gasteiger partial charge in [-0.1, -0.05) is 22.9 Å². The number of nitrogens with zero attached hydrogens (tertiary/aromatic N) is 2. The summed E-state index contributed by atoms with van der Waals surface area (Å²) in [6.45, 7) is -0.0561. The van der Waals surface area contributed by atoms with E-state index >= 15 is 0 Å². The summed E-state index contributed by atoms with van der Waals surface area (Å²) in [6, 6.07) is 5.12. The van der Waals surface area contributed by atoms with Gasteiger partial charge in [-0.15, -0.1) is 0 Å². The first kappa shape index (κ1) is 12.4. The molecule has 0 spiro atoms. The van der Waals surface area contributed by atoms with Crippen LogP contribution in [0.5, 0.6) is 0 Å². The van der Waals surface area contributed by atoms with Crippen LogP contribution in [0.1, 0.15) is 5.56 Å². The number of nitrogens with two attached hydrogens (primary N) is 1. The third-order valence-electron chi connectivity index (χ3n) is 1.74. The van der Waals surface area contributed by atoms with Crippen LogP contribution in [0, 0.1) is 0 Å². The van der Waals surface area contributed by atoms with Crippen LogP contribution in [0.25, 0.3) is 0 Å². The number of nitrogens with one attached hydrogen (secondary N) is 1.